The first-order chi connectivity index (χ1) is 3.63. The molecule has 0 rings (SSSR count). The molecule has 0 aliphatic heterocycles. The fraction of sp³-hybridized carbons (Fsp3) is 0.800. The zero-order valence-corrected chi connectivity index (χ0v) is 6.18. The van der Waals surface area contributed by atoms with Gasteiger partial charge in [0.25, 0.3) is 0 Å². The van der Waals surface area contributed by atoms with Crippen molar-refractivity contribution in [3.8, 4) is 0 Å². The van der Waals surface area contributed by atoms with Gasteiger partial charge in [0, 0.05) is 0 Å². The molecule has 0 aliphatic carbocycles. The quantitative estimate of drug-likeness (QED) is 0.409. The van der Waals surface area contributed by atoms with Crippen molar-refractivity contribution < 1.29 is 29.8 Å². The van der Waals surface area contributed by atoms with Crippen molar-refractivity contribution in [2.75, 3.05) is 6.61 Å². The van der Waals surface area contributed by atoms with Crippen LogP contribution in [-0.2, 0) is 9.53 Å². The molecule has 0 aromatic carbocycles. The monoisotopic (exact) mass is 125 g/mol. The number of nitrogens with two attached hydrogens (primary N) is 1. The largest absolute Gasteiger partial charge is 1.00 e. The van der Waals surface area contributed by atoms with Gasteiger partial charge in [0.15, 0.2) is 0 Å². The average molecular weight is 125 g/mol. The third-order valence-electron chi connectivity index (χ3n) is 0.559. The van der Waals surface area contributed by atoms with E-state index in [1.165, 1.54) is 0 Å². The molecule has 0 spiro atoms. The summed E-state index contributed by atoms with van der Waals surface area (Å²) in [6.45, 7) is 3.73. The van der Waals surface area contributed by atoms with E-state index in [1.54, 1.807) is 0 Å². The fourth-order valence-corrected chi connectivity index (χ4v) is 0.249. The van der Waals surface area contributed by atoms with Crippen LogP contribution in [0.3, 0.4) is 0 Å². The van der Waals surface area contributed by atoms with Gasteiger partial charge in [-0.2, -0.15) is 0 Å². The number of hydrogen-bond donors (Lipinski definition) is 1. The van der Waals surface area contributed by atoms with Gasteiger partial charge in [-0.15, -0.1) is 0 Å². The normalized spacial score (nSPS) is 8.78. The van der Waals surface area contributed by atoms with Crippen molar-refractivity contribution in [1.82, 2.24) is 0 Å². The summed E-state index contributed by atoms with van der Waals surface area (Å²) >= 11 is 0. The van der Waals surface area contributed by atoms with Crippen molar-refractivity contribution in [2.45, 2.75) is 20.0 Å². The first kappa shape index (κ1) is 11.8. The second kappa shape index (κ2) is 6.15. The molecule has 0 aromatic rings. The molecular weight excluding hydrogens is 113 g/mol. The van der Waals surface area contributed by atoms with Crippen LogP contribution in [0.1, 0.15) is 15.3 Å². The van der Waals surface area contributed by atoms with Gasteiger partial charge < -0.3 is 11.9 Å². The van der Waals surface area contributed by atoms with Crippen LogP contribution in [0.2, 0.25) is 0 Å². The van der Waals surface area contributed by atoms with E-state index in [0.717, 1.165) is 0 Å². The Hall–Kier alpha value is 0.0274. The second-order valence-corrected chi connectivity index (χ2v) is 1.83. The van der Waals surface area contributed by atoms with E-state index in [1.807, 2.05) is 13.8 Å². The first-order valence-corrected chi connectivity index (χ1v) is 2.53. The Morgan fingerprint density at radius 2 is 2.22 bits per heavy atom. The van der Waals surface area contributed by atoms with Gasteiger partial charge in [0.05, 0.1) is 6.10 Å². The molecular formula is C5H12LiNO2. The summed E-state index contributed by atoms with van der Waals surface area (Å²) in [5.41, 5.74) is 4.78. The van der Waals surface area contributed by atoms with Crippen LogP contribution >= 0.6 is 0 Å². The van der Waals surface area contributed by atoms with Crippen LogP contribution in [0.15, 0.2) is 0 Å². The van der Waals surface area contributed by atoms with Crippen molar-refractivity contribution in [1.29, 1.82) is 0 Å². The predicted molar refractivity (Wildman–Crippen MR) is 31.4 cm³/mol. The van der Waals surface area contributed by atoms with Crippen LogP contribution in [0.4, 0.5) is 0 Å². The van der Waals surface area contributed by atoms with Crippen molar-refractivity contribution >= 4 is 5.91 Å². The molecule has 0 aliphatic rings. The summed E-state index contributed by atoms with van der Waals surface area (Å²) in [5.74, 6) is -0.418. The Labute approximate surface area is 68.6 Å². The minimum Gasteiger partial charge on any atom is -1.00 e. The van der Waals surface area contributed by atoms with Gasteiger partial charge in [-0.1, -0.05) is 0 Å². The Balaban J connectivity index is -0.000000245. The van der Waals surface area contributed by atoms with E-state index in [0.29, 0.717) is 0 Å². The number of primary amides is 1. The standard InChI is InChI=1S/C5H11NO2.Li.H/c1-4(2)8-3-5(6)7;;/h4H,3H2,1-2H3,(H2,6,7);;/q;+1;-1. The van der Waals surface area contributed by atoms with Gasteiger partial charge >= 0.3 is 18.9 Å². The summed E-state index contributed by atoms with van der Waals surface area (Å²) < 4.78 is 4.83. The third-order valence-corrected chi connectivity index (χ3v) is 0.559. The molecule has 3 nitrogen and oxygen atoms in total. The summed E-state index contributed by atoms with van der Waals surface area (Å²) in [7, 11) is 0. The molecule has 9 heavy (non-hydrogen) atoms. The SMILES string of the molecule is CC(C)OCC(N)=O.[H-].[Li+]. The molecule has 0 atom stereocenters. The Kier molecular flexibility index (Phi) is 8.05. The van der Waals surface area contributed by atoms with Crippen LogP contribution in [0.25, 0.3) is 0 Å². The van der Waals surface area contributed by atoms with E-state index in [9.17, 15) is 4.79 Å². The van der Waals surface area contributed by atoms with E-state index in [4.69, 9.17) is 10.5 Å². The Bertz CT molecular complexity index is 89.7. The molecule has 0 aromatic heterocycles. The maximum atomic E-state index is 10.0. The van der Waals surface area contributed by atoms with Crippen LogP contribution in [0, 0.1) is 0 Å². The van der Waals surface area contributed by atoms with Crippen molar-refractivity contribution in [3.63, 3.8) is 0 Å². The van der Waals surface area contributed by atoms with Gasteiger partial charge in [0.2, 0.25) is 5.91 Å². The molecule has 50 valence electrons. The van der Waals surface area contributed by atoms with Crippen molar-refractivity contribution in [2.24, 2.45) is 5.73 Å². The molecule has 0 unspecified atom stereocenters. The van der Waals surface area contributed by atoms with E-state index in [-0.39, 0.29) is 33.0 Å². The van der Waals surface area contributed by atoms with Crippen molar-refractivity contribution in [3.05, 3.63) is 0 Å². The van der Waals surface area contributed by atoms with E-state index in [2.05, 4.69) is 0 Å². The van der Waals surface area contributed by atoms with Gasteiger partial charge in [-0.05, 0) is 13.8 Å². The predicted octanol–water partition coefficient (Wildman–Crippen LogP) is -2.99. The smallest absolute Gasteiger partial charge is 1.00 e. The number of hydrogen-bond acceptors (Lipinski definition) is 2. The summed E-state index contributed by atoms with van der Waals surface area (Å²) in [4.78, 5) is 10.0. The molecule has 0 saturated carbocycles. The van der Waals surface area contributed by atoms with Crippen LogP contribution < -0.4 is 24.6 Å². The molecule has 0 heterocycles. The molecule has 2 N–H and O–H groups in total. The Morgan fingerprint density at radius 3 is 2.33 bits per heavy atom. The van der Waals surface area contributed by atoms with Gasteiger partial charge in [-0.3, -0.25) is 4.79 Å². The van der Waals surface area contributed by atoms with Crippen LogP contribution in [-0.4, -0.2) is 18.6 Å². The topological polar surface area (TPSA) is 52.3 Å². The minimum atomic E-state index is -0.418. The average Bonchev–Trinajstić information content (AvgIpc) is 1.61. The molecule has 0 saturated heterocycles. The summed E-state index contributed by atoms with van der Waals surface area (Å²) in [5, 5.41) is 0. The summed E-state index contributed by atoms with van der Waals surface area (Å²) in [6, 6.07) is 0. The number of carbonyl (C=O) groups excluding carboxylic acids is 1. The third kappa shape index (κ3) is 11.5. The second-order valence-electron chi connectivity index (χ2n) is 1.83. The van der Waals surface area contributed by atoms with E-state index >= 15 is 0 Å². The maximum Gasteiger partial charge on any atom is 1.00 e. The van der Waals surface area contributed by atoms with Gasteiger partial charge in [0.1, 0.15) is 6.61 Å². The molecule has 0 fully saturated rings. The molecule has 1 amide bonds. The summed E-state index contributed by atoms with van der Waals surface area (Å²) in [6.07, 6.45) is 0.0856. The zero-order chi connectivity index (χ0) is 6.57. The maximum absolute atomic E-state index is 10.0. The van der Waals surface area contributed by atoms with Crippen LogP contribution in [0.5, 0.6) is 0 Å². The fourth-order valence-electron chi connectivity index (χ4n) is 0.249. The number of amides is 1. The molecule has 0 bridgehead atoms. The number of ether oxygens (including phenoxy) is 1. The number of carbonyl (C=O) groups is 1. The minimum absolute atomic E-state index is 0. The molecule has 4 heteroatoms. The first-order valence-electron chi connectivity index (χ1n) is 2.53. The molecule has 0 radical (unpaired) electrons. The number of rotatable bonds is 3. The van der Waals surface area contributed by atoms with Gasteiger partial charge in [-0.25, -0.2) is 0 Å². The van der Waals surface area contributed by atoms with E-state index < -0.39 is 5.91 Å². The Morgan fingerprint density at radius 1 is 1.78 bits per heavy atom. The zero-order valence-electron chi connectivity index (χ0n) is 7.18.